The quantitative estimate of drug-likeness (QED) is 0.708. The van der Waals surface area contributed by atoms with Gasteiger partial charge >= 0.3 is 10.2 Å². The lowest BCUT2D eigenvalue weighted by atomic mass is 10.2. The third kappa shape index (κ3) is 2.25. The molecule has 1 amide bonds. The zero-order chi connectivity index (χ0) is 10.1. The first-order chi connectivity index (χ1) is 5.91. The monoisotopic (exact) mass is 203 g/mol. The molecule has 0 aliphatic rings. The van der Waals surface area contributed by atoms with Gasteiger partial charge in [-0.15, -0.1) is 3.89 Å². The number of carbonyl (C=O) groups excluding carboxylic acids is 1. The molecule has 0 radical (unpaired) electrons. The molecule has 0 unspecified atom stereocenters. The highest BCUT2D eigenvalue weighted by atomic mass is 32.3. The molecular weight excluding hydrogens is 197 g/mol. The highest BCUT2D eigenvalue weighted by Gasteiger charge is 2.11. The second kappa shape index (κ2) is 3.14. The van der Waals surface area contributed by atoms with Gasteiger partial charge in [0.2, 0.25) is 5.91 Å². The lowest BCUT2D eigenvalue weighted by Gasteiger charge is -1.96. The minimum absolute atomic E-state index is 0.132. The van der Waals surface area contributed by atoms with Gasteiger partial charge in [0.1, 0.15) is 0 Å². The summed E-state index contributed by atoms with van der Waals surface area (Å²) >= 11 is 0. The van der Waals surface area contributed by atoms with Crippen LogP contribution in [0.25, 0.3) is 0 Å². The molecule has 0 saturated carbocycles. The van der Waals surface area contributed by atoms with Crippen LogP contribution >= 0.6 is 0 Å². The molecule has 0 aromatic heterocycles. The summed E-state index contributed by atoms with van der Waals surface area (Å²) in [6, 6.07) is 4.26. The highest BCUT2D eigenvalue weighted by molar-refractivity contribution is 7.86. The smallest absolute Gasteiger partial charge is 0.332 e. The molecule has 4 nitrogen and oxygen atoms in total. The summed E-state index contributed by atoms with van der Waals surface area (Å²) in [7, 11) is -4.70. The predicted molar refractivity (Wildman–Crippen MR) is 43.3 cm³/mol. The minimum atomic E-state index is -4.70. The van der Waals surface area contributed by atoms with Crippen molar-refractivity contribution in [2.75, 3.05) is 0 Å². The Morgan fingerprint density at radius 2 is 1.69 bits per heavy atom. The van der Waals surface area contributed by atoms with E-state index in [1.807, 2.05) is 0 Å². The molecule has 6 heteroatoms. The fourth-order valence-electron chi connectivity index (χ4n) is 0.782. The summed E-state index contributed by atoms with van der Waals surface area (Å²) < 4.78 is 33.0. The molecule has 0 aliphatic carbocycles. The van der Waals surface area contributed by atoms with Crippen molar-refractivity contribution in [1.29, 1.82) is 0 Å². The number of carbonyl (C=O) groups is 1. The molecule has 1 rings (SSSR count). The standard InChI is InChI=1S/C7H6FNO3S/c8-13(11,12)6-3-1-5(2-4-6)7(9)10/h1-4H,(H2,9,10). The lowest BCUT2D eigenvalue weighted by Crippen LogP contribution is -2.10. The third-order valence-corrected chi connectivity index (χ3v) is 2.26. The fraction of sp³-hybridized carbons (Fsp3) is 0. The van der Waals surface area contributed by atoms with Crippen molar-refractivity contribution in [2.45, 2.75) is 4.90 Å². The average molecular weight is 203 g/mol. The number of hydrogen-bond donors (Lipinski definition) is 1. The zero-order valence-corrected chi connectivity index (χ0v) is 7.21. The number of amides is 1. The van der Waals surface area contributed by atoms with Crippen molar-refractivity contribution < 1.29 is 17.1 Å². The Morgan fingerprint density at radius 1 is 1.23 bits per heavy atom. The molecule has 0 aliphatic heterocycles. The van der Waals surface area contributed by atoms with E-state index in [1.165, 1.54) is 0 Å². The van der Waals surface area contributed by atoms with Crippen molar-refractivity contribution in [2.24, 2.45) is 5.73 Å². The van der Waals surface area contributed by atoms with Gasteiger partial charge in [0.15, 0.2) is 0 Å². The molecule has 2 N–H and O–H groups in total. The summed E-state index contributed by atoms with van der Waals surface area (Å²) in [6.45, 7) is 0. The number of halogens is 1. The van der Waals surface area contributed by atoms with E-state index in [-0.39, 0.29) is 5.56 Å². The van der Waals surface area contributed by atoms with Crippen molar-refractivity contribution in [3.05, 3.63) is 29.8 Å². The van der Waals surface area contributed by atoms with Crippen LogP contribution in [-0.2, 0) is 10.2 Å². The second-order valence-corrected chi connectivity index (χ2v) is 3.67. The van der Waals surface area contributed by atoms with Gasteiger partial charge in [-0.05, 0) is 24.3 Å². The first-order valence-corrected chi connectivity index (χ1v) is 4.64. The lowest BCUT2D eigenvalue weighted by molar-refractivity contribution is 0.1000. The Balaban J connectivity index is 3.16. The summed E-state index contributed by atoms with van der Waals surface area (Å²) in [4.78, 5) is 10.1. The van der Waals surface area contributed by atoms with E-state index < -0.39 is 21.0 Å². The van der Waals surface area contributed by atoms with Gasteiger partial charge < -0.3 is 5.73 Å². The minimum Gasteiger partial charge on any atom is -0.366 e. The van der Waals surface area contributed by atoms with Crippen molar-refractivity contribution in [3.8, 4) is 0 Å². The zero-order valence-electron chi connectivity index (χ0n) is 6.40. The van der Waals surface area contributed by atoms with Gasteiger partial charge in [-0.3, -0.25) is 4.79 Å². The van der Waals surface area contributed by atoms with Gasteiger partial charge in [-0.25, -0.2) is 0 Å². The second-order valence-electron chi connectivity index (χ2n) is 2.33. The molecule has 0 fully saturated rings. The first-order valence-electron chi connectivity index (χ1n) is 3.26. The Hall–Kier alpha value is -1.43. The molecule has 1 aromatic carbocycles. The highest BCUT2D eigenvalue weighted by Crippen LogP contribution is 2.12. The van der Waals surface area contributed by atoms with E-state index in [9.17, 15) is 17.1 Å². The number of hydrogen-bond acceptors (Lipinski definition) is 3. The van der Waals surface area contributed by atoms with Crippen LogP contribution in [-0.4, -0.2) is 14.3 Å². The van der Waals surface area contributed by atoms with E-state index in [1.54, 1.807) is 0 Å². The van der Waals surface area contributed by atoms with Gasteiger partial charge in [0.05, 0.1) is 4.90 Å². The molecule has 0 atom stereocenters. The number of nitrogens with two attached hydrogens (primary N) is 1. The van der Waals surface area contributed by atoms with E-state index in [0.29, 0.717) is 0 Å². The van der Waals surface area contributed by atoms with E-state index in [4.69, 9.17) is 5.73 Å². The predicted octanol–water partition coefficient (Wildman–Crippen LogP) is 0.444. The van der Waals surface area contributed by atoms with E-state index in [2.05, 4.69) is 0 Å². The number of benzene rings is 1. The van der Waals surface area contributed by atoms with Crippen LogP contribution in [0.3, 0.4) is 0 Å². The Labute approximate surface area is 74.4 Å². The fourth-order valence-corrected chi connectivity index (χ4v) is 1.24. The van der Waals surface area contributed by atoms with Crippen LogP contribution in [0.2, 0.25) is 0 Å². The maximum atomic E-state index is 12.3. The van der Waals surface area contributed by atoms with E-state index >= 15 is 0 Å². The average Bonchev–Trinajstić information content (AvgIpc) is 2.03. The maximum Gasteiger partial charge on any atom is 0.332 e. The molecule has 1 aromatic rings. The summed E-state index contributed by atoms with van der Waals surface area (Å²) in [5.41, 5.74) is 5.02. The largest absolute Gasteiger partial charge is 0.366 e. The Kier molecular flexibility index (Phi) is 2.33. The van der Waals surface area contributed by atoms with Crippen molar-refractivity contribution >= 4 is 16.1 Å². The van der Waals surface area contributed by atoms with Crippen molar-refractivity contribution in [3.63, 3.8) is 0 Å². The molecular formula is C7H6FNO3S. The first kappa shape index (κ1) is 9.66. The van der Waals surface area contributed by atoms with Crippen molar-refractivity contribution in [1.82, 2.24) is 0 Å². The molecule has 0 bridgehead atoms. The molecule has 0 spiro atoms. The molecule has 13 heavy (non-hydrogen) atoms. The third-order valence-electron chi connectivity index (χ3n) is 1.42. The van der Waals surface area contributed by atoms with Crippen LogP contribution in [0.4, 0.5) is 3.89 Å². The van der Waals surface area contributed by atoms with Crippen LogP contribution in [0.5, 0.6) is 0 Å². The van der Waals surface area contributed by atoms with Crippen LogP contribution < -0.4 is 5.73 Å². The molecule has 0 saturated heterocycles. The van der Waals surface area contributed by atoms with Crippen LogP contribution in [0.15, 0.2) is 29.2 Å². The van der Waals surface area contributed by atoms with Gasteiger partial charge in [-0.1, -0.05) is 0 Å². The summed E-state index contributed by atoms with van der Waals surface area (Å²) in [5.74, 6) is -0.692. The van der Waals surface area contributed by atoms with Crippen LogP contribution in [0, 0.1) is 0 Å². The maximum absolute atomic E-state index is 12.3. The van der Waals surface area contributed by atoms with E-state index in [0.717, 1.165) is 24.3 Å². The van der Waals surface area contributed by atoms with Gasteiger partial charge in [-0.2, -0.15) is 8.42 Å². The normalized spacial score (nSPS) is 11.2. The topological polar surface area (TPSA) is 77.2 Å². The molecule has 0 heterocycles. The number of primary amides is 1. The Morgan fingerprint density at radius 3 is 2.00 bits per heavy atom. The SMILES string of the molecule is NC(=O)c1ccc(S(=O)(=O)F)cc1. The number of rotatable bonds is 2. The summed E-state index contributed by atoms with van der Waals surface area (Å²) in [6.07, 6.45) is 0. The van der Waals surface area contributed by atoms with Gasteiger partial charge in [0.25, 0.3) is 0 Å². The summed E-state index contributed by atoms with van der Waals surface area (Å²) in [5, 5.41) is 0. The van der Waals surface area contributed by atoms with Crippen LogP contribution in [0.1, 0.15) is 10.4 Å². The van der Waals surface area contributed by atoms with Gasteiger partial charge in [0, 0.05) is 5.56 Å². The molecule has 70 valence electrons. The Bertz CT molecular complexity index is 424.